The summed E-state index contributed by atoms with van der Waals surface area (Å²) in [5.74, 6) is 0. The van der Waals surface area contributed by atoms with Gasteiger partial charge in [0.2, 0.25) is 0 Å². The molecular formula is C13H16N6O. The van der Waals surface area contributed by atoms with Crippen molar-refractivity contribution >= 4 is 22.4 Å². The summed E-state index contributed by atoms with van der Waals surface area (Å²) in [4.78, 5) is 0. The minimum absolute atomic E-state index is 0.558. The Bertz CT molecular complexity index is 744. The highest BCUT2D eigenvalue weighted by Gasteiger charge is 2.11. The second-order valence-electron chi connectivity index (χ2n) is 4.65. The largest absolute Gasteiger partial charge is 0.397 e. The maximum absolute atomic E-state index is 5.82. The highest BCUT2D eigenvalue weighted by atomic mass is 16.6. The Morgan fingerprint density at radius 3 is 2.90 bits per heavy atom. The van der Waals surface area contributed by atoms with Crippen molar-refractivity contribution in [1.29, 1.82) is 0 Å². The first-order valence-corrected chi connectivity index (χ1v) is 6.45. The molecule has 2 aromatic heterocycles. The zero-order chi connectivity index (χ0) is 14.1. The number of aryl methyl sites for hydroxylation is 2. The van der Waals surface area contributed by atoms with Crippen molar-refractivity contribution in [2.24, 2.45) is 7.05 Å². The molecule has 0 atom stereocenters. The van der Waals surface area contributed by atoms with Gasteiger partial charge in [-0.15, -0.1) is 0 Å². The number of hydrogen-bond acceptors (Lipinski definition) is 6. The lowest BCUT2D eigenvalue weighted by atomic mass is 10.2. The Balaban J connectivity index is 1.87. The summed E-state index contributed by atoms with van der Waals surface area (Å²) < 4.78 is 6.58. The summed E-state index contributed by atoms with van der Waals surface area (Å²) in [6.45, 7) is 2.76. The third kappa shape index (κ3) is 2.07. The Hall–Kier alpha value is -2.57. The van der Waals surface area contributed by atoms with Gasteiger partial charge in [-0.05, 0) is 28.9 Å². The number of hydrogen-bond donors (Lipinski definition) is 2. The number of nitrogen functional groups attached to an aromatic ring is 1. The van der Waals surface area contributed by atoms with Crippen LogP contribution in [0.1, 0.15) is 18.2 Å². The zero-order valence-corrected chi connectivity index (χ0v) is 11.4. The van der Waals surface area contributed by atoms with E-state index in [1.54, 1.807) is 6.07 Å². The number of nitrogens with zero attached hydrogens (tertiary/aromatic N) is 4. The fraction of sp³-hybridized carbons (Fsp3) is 0.308. The molecule has 104 valence electrons. The Kier molecular flexibility index (Phi) is 3.02. The molecule has 3 N–H and O–H groups in total. The van der Waals surface area contributed by atoms with Crippen molar-refractivity contribution in [1.82, 2.24) is 20.1 Å². The topological polar surface area (TPSA) is 94.8 Å². The predicted octanol–water partition coefficient (Wildman–Crippen LogP) is 1.71. The van der Waals surface area contributed by atoms with Crippen LogP contribution < -0.4 is 11.1 Å². The molecule has 0 aliphatic heterocycles. The van der Waals surface area contributed by atoms with Crippen LogP contribution in [0.3, 0.4) is 0 Å². The van der Waals surface area contributed by atoms with E-state index >= 15 is 0 Å². The van der Waals surface area contributed by atoms with E-state index in [1.165, 1.54) is 0 Å². The van der Waals surface area contributed by atoms with Crippen molar-refractivity contribution in [3.8, 4) is 0 Å². The van der Waals surface area contributed by atoms with E-state index in [1.807, 2.05) is 24.0 Å². The first kappa shape index (κ1) is 12.5. The maximum Gasteiger partial charge on any atom is 0.160 e. The highest BCUT2D eigenvalue weighted by molar-refractivity contribution is 5.94. The molecule has 20 heavy (non-hydrogen) atoms. The quantitative estimate of drug-likeness (QED) is 0.702. The van der Waals surface area contributed by atoms with Gasteiger partial charge in [0.05, 0.1) is 17.1 Å². The van der Waals surface area contributed by atoms with Crippen LogP contribution in [0.5, 0.6) is 0 Å². The van der Waals surface area contributed by atoms with E-state index in [2.05, 4.69) is 27.7 Å². The van der Waals surface area contributed by atoms with Gasteiger partial charge in [0.1, 0.15) is 0 Å². The highest BCUT2D eigenvalue weighted by Crippen LogP contribution is 2.25. The average molecular weight is 272 g/mol. The smallest absolute Gasteiger partial charge is 0.160 e. The normalized spacial score (nSPS) is 11.1. The lowest BCUT2D eigenvalue weighted by molar-refractivity contribution is 0.316. The van der Waals surface area contributed by atoms with Crippen LogP contribution in [-0.2, 0) is 20.0 Å². The van der Waals surface area contributed by atoms with E-state index in [4.69, 9.17) is 10.4 Å². The summed E-state index contributed by atoms with van der Waals surface area (Å²) in [5, 5.41) is 15.4. The molecule has 0 saturated heterocycles. The summed E-state index contributed by atoms with van der Waals surface area (Å²) in [7, 11) is 1.92. The van der Waals surface area contributed by atoms with Gasteiger partial charge >= 0.3 is 0 Å². The van der Waals surface area contributed by atoms with Crippen LogP contribution in [0.4, 0.5) is 11.4 Å². The number of benzene rings is 1. The van der Waals surface area contributed by atoms with Crippen LogP contribution in [0.25, 0.3) is 11.0 Å². The molecule has 0 amide bonds. The number of nitrogens with two attached hydrogens (primary N) is 1. The molecule has 0 saturated carbocycles. The summed E-state index contributed by atoms with van der Waals surface area (Å²) >= 11 is 0. The molecule has 0 bridgehead atoms. The minimum atomic E-state index is 0.558. The first-order chi connectivity index (χ1) is 9.69. The van der Waals surface area contributed by atoms with Gasteiger partial charge in [0.15, 0.2) is 11.0 Å². The van der Waals surface area contributed by atoms with E-state index in [0.29, 0.717) is 23.3 Å². The van der Waals surface area contributed by atoms with E-state index in [-0.39, 0.29) is 0 Å². The molecule has 0 aliphatic rings. The van der Waals surface area contributed by atoms with Gasteiger partial charge < -0.3 is 11.1 Å². The molecule has 0 unspecified atom stereocenters. The Labute approximate surface area is 115 Å². The molecule has 7 nitrogen and oxygen atoms in total. The van der Waals surface area contributed by atoms with Gasteiger partial charge in [-0.1, -0.05) is 6.92 Å². The number of fused-ring (bicyclic) bond motifs is 1. The zero-order valence-electron chi connectivity index (χ0n) is 11.4. The fourth-order valence-corrected chi connectivity index (χ4v) is 2.25. The summed E-state index contributed by atoms with van der Waals surface area (Å²) in [6, 6.07) is 3.67. The average Bonchev–Trinajstić information content (AvgIpc) is 3.05. The Morgan fingerprint density at radius 2 is 2.10 bits per heavy atom. The second kappa shape index (κ2) is 4.84. The molecule has 3 aromatic rings. The van der Waals surface area contributed by atoms with Crippen molar-refractivity contribution < 1.29 is 4.63 Å². The van der Waals surface area contributed by atoms with Gasteiger partial charge in [0, 0.05) is 25.4 Å². The Morgan fingerprint density at radius 1 is 1.30 bits per heavy atom. The molecule has 0 radical (unpaired) electrons. The second-order valence-corrected chi connectivity index (χ2v) is 4.65. The summed E-state index contributed by atoms with van der Waals surface area (Å²) in [6.07, 6.45) is 2.92. The van der Waals surface area contributed by atoms with Crippen LogP contribution in [0, 0.1) is 0 Å². The van der Waals surface area contributed by atoms with E-state index in [0.717, 1.165) is 23.4 Å². The molecule has 0 spiro atoms. The van der Waals surface area contributed by atoms with Crippen molar-refractivity contribution in [3.05, 3.63) is 29.6 Å². The van der Waals surface area contributed by atoms with Crippen molar-refractivity contribution in [3.63, 3.8) is 0 Å². The molecule has 0 fully saturated rings. The van der Waals surface area contributed by atoms with Gasteiger partial charge in [-0.3, -0.25) is 4.68 Å². The first-order valence-electron chi connectivity index (χ1n) is 6.45. The standard InChI is InChI=1S/C13H16N6O/c1-3-10-8(7-19(2)16-10)6-15-11-5-4-9(14)12-13(11)18-20-17-12/h4-5,7,15H,3,6,14H2,1-2H3. The molecule has 2 heterocycles. The number of nitrogens with one attached hydrogen (secondary N) is 1. The lowest BCUT2D eigenvalue weighted by Crippen LogP contribution is -2.02. The van der Waals surface area contributed by atoms with Gasteiger partial charge in [-0.25, -0.2) is 4.63 Å². The van der Waals surface area contributed by atoms with Crippen LogP contribution in [0.15, 0.2) is 23.0 Å². The number of aromatic nitrogens is 4. The van der Waals surface area contributed by atoms with Crippen LogP contribution >= 0.6 is 0 Å². The molecule has 0 aliphatic carbocycles. The number of rotatable bonds is 4. The third-order valence-electron chi connectivity index (χ3n) is 3.24. The molecule has 7 heteroatoms. The number of anilines is 2. The van der Waals surface area contributed by atoms with Crippen molar-refractivity contribution in [2.75, 3.05) is 11.1 Å². The van der Waals surface area contributed by atoms with E-state index in [9.17, 15) is 0 Å². The molecule has 1 aromatic carbocycles. The summed E-state index contributed by atoms with van der Waals surface area (Å²) in [5.41, 5.74) is 10.7. The van der Waals surface area contributed by atoms with Crippen molar-refractivity contribution in [2.45, 2.75) is 19.9 Å². The van der Waals surface area contributed by atoms with Gasteiger partial charge in [-0.2, -0.15) is 5.10 Å². The van der Waals surface area contributed by atoms with Crippen LogP contribution in [-0.4, -0.2) is 20.1 Å². The molecule has 3 rings (SSSR count). The third-order valence-corrected chi connectivity index (χ3v) is 3.24. The fourth-order valence-electron chi connectivity index (χ4n) is 2.25. The van der Waals surface area contributed by atoms with Crippen LogP contribution in [0.2, 0.25) is 0 Å². The molecular weight excluding hydrogens is 256 g/mol. The lowest BCUT2D eigenvalue weighted by Gasteiger charge is -2.06. The minimum Gasteiger partial charge on any atom is -0.397 e. The SMILES string of the molecule is CCc1nn(C)cc1CNc1ccc(N)c2nonc12. The predicted molar refractivity (Wildman–Crippen MR) is 76.1 cm³/mol. The van der Waals surface area contributed by atoms with Gasteiger partial charge in [0.25, 0.3) is 0 Å². The van der Waals surface area contributed by atoms with E-state index < -0.39 is 0 Å². The maximum atomic E-state index is 5.82. The monoisotopic (exact) mass is 272 g/mol.